The summed E-state index contributed by atoms with van der Waals surface area (Å²) in [5, 5.41) is 9.80. The number of aliphatic hydroxyl groups is 1. The van der Waals surface area contributed by atoms with Crippen molar-refractivity contribution < 1.29 is 14.6 Å². The van der Waals surface area contributed by atoms with Crippen molar-refractivity contribution in [3.8, 4) is 22.1 Å². The van der Waals surface area contributed by atoms with E-state index in [0.717, 1.165) is 43.4 Å². The Bertz CT molecular complexity index is 1120. The fourth-order valence-corrected chi connectivity index (χ4v) is 3.92. The molecule has 0 fully saturated rings. The first-order chi connectivity index (χ1) is 14.2. The Hall–Kier alpha value is -3.15. The zero-order chi connectivity index (χ0) is 20.1. The molecule has 0 saturated carbocycles. The van der Waals surface area contributed by atoms with Gasteiger partial charge < -0.3 is 14.6 Å². The fraction of sp³-hybridized carbons (Fsp3) is 0.125. The summed E-state index contributed by atoms with van der Waals surface area (Å²) in [7, 11) is 1.68. The number of fused-ring (bicyclic) bond motifs is 1. The number of benzene rings is 3. The van der Waals surface area contributed by atoms with Gasteiger partial charge in [0.1, 0.15) is 23.1 Å². The van der Waals surface area contributed by atoms with Crippen LogP contribution in [0.15, 0.2) is 66.7 Å². The molecular formula is C24H21NO3S. The minimum atomic E-state index is 0.0167. The van der Waals surface area contributed by atoms with Gasteiger partial charge in [-0.3, -0.25) is 0 Å². The SMILES string of the molecule is COc1ccc2nc(-c3ccc(C=Cc4ccc(OCCO)cc4)cc3)sc2c1. The molecule has 0 amide bonds. The molecule has 4 nitrogen and oxygen atoms in total. The summed E-state index contributed by atoms with van der Waals surface area (Å²) in [6.07, 6.45) is 4.14. The molecule has 0 bridgehead atoms. The van der Waals surface area contributed by atoms with Crippen LogP contribution in [0.2, 0.25) is 0 Å². The Labute approximate surface area is 173 Å². The number of thiazole rings is 1. The summed E-state index contributed by atoms with van der Waals surface area (Å²) in [4.78, 5) is 4.73. The molecule has 146 valence electrons. The Morgan fingerprint density at radius 3 is 2.21 bits per heavy atom. The summed E-state index contributed by atoms with van der Waals surface area (Å²) in [5.74, 6) is 1.61. The highest BCUT2D eigenvalue weighted by Gasteiger charge is 2.07. The van der Waals surface area contributed by atoms with E-state index in [2.05, 4.69) is 36.4 Å². The van der Waals surface area contributed by atoms with Crippen molar-refractivity contribution in [2.75, 3.05) is 20.3 Å². The normalized spacial score (nSPS) is 11.2. The zero-order valence-electron chi connectivity index (χ0n) is 16.0. The van der Waals surface area contributed by atoms with Gasteiger partial charge in [0.15, 0.2) is 0 Å². The van der Waals surface area contributed by atoms with Crippen LogP contribution in [-0.2, 0) is 0 Å². The number of hydrogen-bond acceptors (Lipinski definition) is 5. The number of ether oxygens (including phenoxy) is 2. The lowest BCUT2D eigenvalue weighted by molar-refractivity contribution is 0.201. The van der Waals surface area contributed by atoms with Gasteiger partial charge in [-0.25, -0.2) is 4.98 Å². The van der Waals surface area contributed by atoms with Gasteiger partial charge in [-0.1, -0.05) is 48.6 Å². The minimum Gasteiger partial charge on any atom is -0.497 e. The van der Waals surface area contributed by atoms with Crippen LogP contribution in [0.1, 0.15) is 11.1 Å². The molecule has 5 heteroatoms. The second-order valence-electron chi connectivity index (χ2n) is 6.45. The van der Waals surface area contributed by atoms with Crippen LogP contribution in [0.3, 0.4) is 0 Å². The Morgan fingerprint density at radius 1 is 0.897 bits per heavy atom. The van der Waals surface area contributed by atoms with E-state index >= 15 is 0 Å². The molecule has 0 aliphatic carbocycles. The van der Waals surface area contributed by atoms with Crippen LogP contribution in [0, 0.1) is 0 Å². The van der Waals surface area contributed by atoms with Gasteiger partial charge in [-0.05, 0) is 41.5 Å². The molecule has 3 aromatic carbocycles. The van der Waals surface area contributed by atoms with Crippen LogP contribution in [0.4, 0.5) is 0 Å². The van der Waals surface area contributed by atoms with E-state index < -0.39 is 0 Å². The third kappa shape index (κ3) is 4.65. The van der Waals surface area contributed by atoms with Crippen LogP contribution < -0.4 is 9.47 Å². The van der Waals surface area contributed by atoms with Crippen molar-refractivity contribution in [1.82, 2.24) is 4.98 Å². The van der Waals surface area contributed by atoms with E-state index in [4.69, 9.17) is 19.6 Å². The molecule has 0 aliphatic rings. The van der Waals surface area contributed by atoms with Gasteiger partial charge in [-0.2, -0.15) is 0 Å². The molecule has 4 rings (SSSR count). The maximum Gasteiger partial charge on any atom is 0.124 e. The summed E-state index contributed by atoms with van der Waals surface area (Å²) in [5.41, 5.74) is 4.30. The minimum absolute atomic E-state index is 0.0167. The van der Waals surface area contributed by atoms with Gasteiger partial charge in [0.25, 0.3) is 0 Å². The van der Waals surface area contributed by atoms with Crippen LogP contribution in [0.5, 0.6) is 11.5 Å². The highest BCUT2D eigenvalue weighted by atomic mass is 32.1. The van der Waals surface area contributed by atoms with Crippen molar-refractivity contribution in [2.24, 2.45) is 0 Å². The van der Waals surface area contributed by atoms with E-state index in [9.17, 15) is 0 Å². The van der Waals surface area contributed by atoms with E-state index in [1.54, 1.807) is 18.4 Å². The van der Waals surface area contributed by atoms with Gasteiger partial charge in [0.05, 0.1) is 23.9 Å². The zero-order valence-corrected chi connectivity index (χ0v) is 16.9. The number of aromatic nitrogens is 1. The summed E-state index contributed by atoms with van der Waals surface area (Å²) in [6, 6.07) is 22.1. The average Bonchev–Trinajstić information content (AvgIpc) is 3.20. The van der Waals surface area contributed by atoms with Gasteiger partial charge in [0.2, 0.25) is 0 Å². The van der Waals surface area contributed by atoms with Crippen molar-refractivity contribution in [3.05, 3.63) is 77.9 Å². The molecule has 0 saturated heterocycles. The van der Waals surface area contributed by atoms with E-state index in [-0.39, 0.29) is 6.61 Å². The molecule has 1 aromatic heterocycles. The van der Waals surface area contributed by atoms with E-state index in [1.165, 1.54) is 0 Å². The maximum atomic E-state index is 8.80. The lowest BCUT2D eigenvalue weighted by Gasteiger charge is -2.03. The second-order valence-corrected chi connectivity index (χ2v) is 7.48. The van der Waals surface area contributed by atoms with E-state index in [0.29, 0.717) is 6.61 Å². The fourth-order valence-electron chi connectivity index (χ4n) is 2.92. The topological polar surface area (TPSA) is 51.6 Å². The molecule has 0 atom stereocenters. The van der Waals surface area contributed by atoms with Crippen LogP contribution >= 0.6 is 11.3 Å². The molecule has 1 heterocycles. The molecule has 0 aliphatic heterocycles. The average molecular weight is 404 g/mol. The standard InChI is InChI=1S/C24H21NO3S/c1-27-21-12-13-22-23(16-21)29-24(25-22)19-8-4-17(5-9-19)2-3-18-6-10-20(11-7-18)28-15-14-26/h2-13,16,26H,14-15H2,1H3. The predicted molar refractivity (Wildman–Crippen MR) is 120 cm³/mol. The summed E-state index contributed by atoms with van der Waals surface area (Å²) in [6.45, 7) is 0.326. The highest BCUT2D eigenvalue weighted by molar-refractivity contribution is 7.21. The smallest absolute Gasteiger partial charge is 0.124 e. The predicted octanol–water partition coefficient (Wildman–Crippen LogP) is 5.51. The lowest BCUT2D eigenvalue weighted by Crippen LogP contribution is -2.01. The number of hydrogen-bond donors (Lipinski definition) is 1. The van der Waals surface area contributed by atoms with Crippen molar-refractivity contribution in [1.29, 1.82) is 0 Å². The monoisotopic (exact) mass is 403 g/mol. The number of nitrogens with zero attached hydrogens (tertiary/aromatic N) is 1. The van der Waals surface area contributed by atoms with Gasteiger partial charge >= 0.3 is 0 Å². The third-order valence-corrected chi connectivity index (χ3v) is 5.53. The Balaban J connectivity index is 1.47. The molecule has 0 unspecified atom stereocenters. The van der Waals surface area contributed by atoms with Gasteiger partial charge in [0, 0.05) is 5.56 Å². The maximum absolute atomic E-state index is 8.80. The molecule has 29 heavy (non-hydrogen) atoms. The van der Waals surface area contributed by atoms with Crippen molar-refractivity contribution in [3.63, 3.8) is 0 Å². The molecular weight excluding hydrogens is 382 g/mol. The van der Waals surface area contributed by atoms with Crippen molar-refractivity contribution >= 4 is 33.7 Å². The number of methoxy groups -OCH3 is 1. The molecule has 0 radical (unpaired) electrons. The Kier molecular flexibility index (Phi) is 5.89. The van der Waals surface area contributed by atoms with E-state index in [1.807, 2.05) is 42.5 Å². The first kappa shape index (κ1) is 19.2. The highest BCUT2D eigenvalue weighted by Crippen LogP contribution is 2.32. The number of aliphatic hydroxyl groups excluding tert-OH is 1. The third-order valence-electron chi connectivity index (χ3n) is 4.46. The lowest BCUT2D eigenvalue weighted by atomic mass is 10.1. The summed E-state index contributed by atoms with van der Waals surface area (Å²) < 4.78 is 11.8. The number of rotatable bonds is 7. The van der Waals surface area contributed by atoms with Crippen molar-refractivity contribution in [2.45, 2.75) is 0 Å². The van der Waals surface area contributed by atoms with Crippen LogP contribution in [-0.4, -0.2) is 30.4 Å². The first-order valence-corrected chi connectivity index (χ1v) is 10.1. The van der Waals surface area contributed by atoms with Gasteiger partial charge in [-0.15, -0.1) is 11.3 Å². The Morgan fingerprint density at radius 2 is 1.55 bits per heavy atom. The first-order valence-electron chi connectivity index (χ1n) is 9.32. The largest absolute Gasteiger partial charge is 0.497 e. The quantitative estimate of drug-likeness (QED) is 0.413. The second kappa shape index (κ2) is 8.90. The summed E-state index contributed by atoms with van der Waals surface area (Å²) >= 11 is 1.67. The molecule has 0 spiro atoms. The molecule has 4 aromatic rings. The molecule has 1 N–H and O–H groups in total. The van der Waals surface area contributed by atoms with Crippen LogP contribution in [0.25, 0.3) is 32.9 Å².